The molecule has 0 aliphatic rings. The Balaban J connectivity index is 1.58. The second-order valence-electron chi connectivity index (χ2n) is 5.44. The van der Waals surface area contributed by atoms with Crippen LogP contribution in [0.3, 0.4) is 0 Å². The Hall–Kier alpha value is -3.52. The van der Waals surface area contributed by atoms with Crippen LogP contribution in [-0.2, 0) is 22.7 Å². The first-order chi connectivity index (χ1) is 12.7. The van der Waals surface area contributed by atoms with Crippen molar-refractivity contribution in [3.63, 3.8) is 0 Å². The Labute approximate surface area is 149 Å². The zero-order valence-corrected chi connectivity index (χ0v) is 13.8. The molecule has 2 aromatic heterocycles. The highest BCUT2D eigenvalue weighted by Crippen LogP contribution is 2.11. The molecule has 2 amide bonds. The van der Waals surface area contributed by atoms with E-state index in [1.54, 1.807) is 59.7 Å². The number of rotatable bonds is 5. The summed E-state index contributed by atoms with van der Waals surface area (Å²) in [6.07, 6.45) is 6.31. The van der Waals surface area contributed by atoms with Crippen LogP contribution in [0.5, 0.6) is 0 Å². The molecule has 132 valence electrons. The summed E-state index contributed by atoms with van der Waals surface area (Å²) in [6, 6.07) is 10.7. The van der Waals surface area contributed by atoms with Crippen LogP contribution in [0.25, 0.3) is 5.69 Å². The van der Waals surface area contributed by atoms with Crippen LogP contribution in [-0.4, -0.2) is 31.7 Å². The average molecular weight is 351 g/mol. The summed E-state index contributed by atoms with van der Waals surface area (Å²) in [5, 5.41) is 18.4. The smallest absolute Gasteiger partial charge is 0.313 e. The normalized spacial score (nSPS) is 10.3. The Morgan fingerprint density at radius 3 is 2.50 bits per heavy atom. The summed E-state index contributed by atoms with van der Waals surface area (Å²) >= 11 is 0. The Morgan fingerprint density at radius 1 is 1.04 bits per heavy atom. The topological polar surface area (TPSA) is 109 Å². The lowest BCUT2D eigenvalue weighted by molar-refractivity contribution is -0.136. The van der Waals surface area contributed by atoms with Crippen molar-refractivity contribution in [1.29, 1.82) is 0 Å². The molecule has 0 bridgehead atoms. The van der Waals surface area contributed by atoms with Crippen molar-refractivity contribution in [2.75, 3.05) is 5.32 Å². The van der Waals surface area contributed by atoms with E-state index in [-0.39, 0.29) is 13.2 Å². The Bertz CT molecular complexity index is 908. The second kappa shape index (κ2) is 8.04. The minimum atomic E-state index is -0.791. The predicted molar refractivity (Wildman–Crippen MR) is 94.2 cm³/mol. The third-order valence-electron chi connectivity index (χ3n) is 3.70. The van der Waals surface area contributed by atoms with Gasteiger partial charge in [-0.15, -0.1) is 0 Å². The molecule has 0 aliphatic carbocycles. The predicted octanol–water partition coefficient (Wildman–Crippen LogP) is 1.01. The van der Waals surface area contributed by atoms with Crippen LogP contribution in [0.4, 0.5) is 5.69 Å². The molecule has 0 atom stereocenters. The summed E-state index contributed by atoms with van der Waals surface area (Å²) < 4.78 is 1.56. The number of aliphatic hydroxyl groups excluding tert-OH is 1. The minimum Gasteiger partial charge on any atom is -0.392 e. The van der Waals surface area contributed by atoms with E-state index < -0.39 is 11.8 Å². The van der Waals surface area contributed by atoms with E-state index >= 15 is 0 Å². The monoisotopic (exact) mass is 351 g/mol. The molecule has 3 rings (SSSR count). The Morgan fingerprint density at radius 2 is 1.77 bits per heavy atom. The largest absolute Gasteiger partial charge is 0.392 e. The van der Waals surface area contributed by atoms with E-state index in [0.29, 0.717) is 11.3 Å². The van der Waals surface area contributed by atoms with Gasteiger partial charge in [0.2, 0.25) is 0 Å². The summed E-state index contributed by atoms with van der Waals surface area (Å²) in [7, 11) is 0. The molecule has 0 spiro atoms. The van der Waals surface area contributed by atoms with E-state index in [1.807, 2.05) is 0 Å². The first kappa shape index (κ1) is 17.3. The number of carbonyl (C=O) groups is 2. The third kappa shape index (κ3) is 4.11. The van der Waals surface area contributed by atoms with E-state index in [1.165, 1.54) is 6.20 Å². The highest BCUT2D eigenvalue weighted by molar-refractivity contribution is 6.39. The van der Waals surface area contributed by atoms with Crippen molar-refractivity contribution in [2.24, 2.45) is 0 Å². The van der Waals surface area contributed by atoms with E-state index in [4.69, 9.17) is 0 Å². The molecule has 3 N–H and O–H groups in total. The highest BCUT2D eigenvalue weighted by Gasteiger charge is 2.15. The maximum absolute atomic E-state index is 12.0. The highest BCUT2D eigenvalue weighted by atomic mass is 16.3. The molecule has 0 unspecified atom stereocenters. The van der Waals surface area contributed by atoms with Crippen LogP contribution in [0.15, 0.2) is 61.2 Å². The summed E-state index contributed by atoms with van der Waals surface area (Å²) in [5.41, 5.74) is 2.64. The molecule has 0 radical (unpaired) electrons. The van der Waals surface area contributed by atoms with Crippen molar-refractivity contribution in [3.8, 4) is 5.69 Å². The fraction of sp³-hybridized carbons (Fsp3) is 0.111. The van der Waals surface area contributed by atoms with Gasteiger partial charge in [-0.25, -0.2) is 4.68 Å². The van der Waals surface area contributed by atoms with Gasteiger partial charge in [-0.1, -0.05) is 24.3 Å². The van der Waals surface area contributed by atoms with Gasteiger partial charge < -0.3 is 15.7 Å². The fourth-order valence-corrected chi connectivity index (χ4v) is 2.35. The zero-order valence-electron chi connectivity index (χ0n) is 13.8. The third-order valence-corrected chi connectivity index (χ3v) is 3.70. The van der Waals surface area contributed by atoms with Gasteiger partial charge >= 0.3 is 11.8 Å². The number of hydrogen-bond acceptors (Lipinski definition) is 5. The molecule has 0 fully saturated rings. The zero-order chi connectivity index (χ0) is 18.4. The molecular formula is C18H17N5O3. The maximum atomic E-state index is 12.0. The lowest BCUT2D eigenvalue weighted by atomic mass is 10.1. The maximum Gasteiger partial charge on any atom is 0.313 e. The molecule has 26 heavy (non-hydrogen) atoms. The fourth-order valence-electron chi connectivity index (χ4n) is 2.35. The number of anilines is 1. The van der Waals surface area contributed by atoms with E-state index in [2.05, 4.69) is 20.7 Å². The van der Waals surface area contributed by atoms with Crippen LogP contribution < -0.4 is 10.6 Å². The lowest BCUT2D eigenvalue weighted by Gasteiger charge is -2.08. The first-order valence-corrected chi connectivity index (χ1v) is 7.89. The molecule has 2 heterocycles. The summed E-state index contributed by atoms with van der Waals surface area (Å²) in [6.45, 7) is 0.0195. The number of pyridine rings is 1. The van der Waals surface area contributed by atoms with E-state index in [9.17, 15) is 14.7 Å². The van der Waals surface area contributed by atoms with Crippen molar-refractivity contribution < 1.29 is 14.7 Å². The summed E-state index contributed by atoms with van der Waals surface area (Å²) in [4.78, 5) is 27.9. The van der Waals surface area contributed by atoms with Crippen molar-refractivity contribution in [2.45, 2.75) is 13.2 Å². The molecule has 1 aromatic carbocycles. The Kier molecular flexibility index (Phi) is 5.35. The summed E-state index contributed by atoms with van der Waals surface area (Å²) in [5.74, 6) is -1.56. The number of nitrogens with one attached hydrogen (secondary N) is 2. The van der Waals surface area contributed by atoms with Gasteiger partial charge in [-0.05, 0) is 23.3 Å². The standard InChI is InChI=1S/C18H17N5O3/c24-12-14-4-2-1-3-13(14)9-20-17(25)18(26)22-15-10-21-23(11-15)16-5-7-19-8-6-16/h1-8,10-11,24H,9,12H2,(H,20,25)(H,22,26). The van der Waals surface area contributed by atoms with Gasteiger partial charge in [0.1, 0.15) is 0 Å². The number of aromatic nitrogens is 3. The van der Waals surface area contributed by atoms with Crippen molar-refractivity contribution in [1.82, 2.24) is 20.1 Å². The molecule has 8 nitrogen and oxygen atoms in total. The SMILES string of the molecule is O=C(NCc1ccccc1CO)C(=O)Nc1cnn(-c2ccncc2)c1. The van der Waals surface area contributed by atoms with Gasteiger partial charge in [0.15, 0.2) is 0 Å². The lowest BCUT2D eigenvalue weighted by Crippen LogP contribution is -2.35. The van der Waals surface area contributed by atoms with Gasteiger partial charge in [0.05, 0.1) is 30.4 Å². The van der Waals surface area contributed by atoms with Crippen LogP contribution in [0, 0.1) is 0 Å². The molecule has 0 saturated carbocycles. The quantitative estimate of drug-likeness (QED) is 0.595. The number of amides is 2. The van der Waals surface area contributed by atoms with Gasteiger partial charge in [-0.2, -0.15) is 5.10 Å². The molecule has 3 aromatic rings. The first-order valence-electron chi connectivity index (χ1n) is 7.89. The van der Waals surface area contributed by atoms with E-state index in [0.717, 1.165) is 11.3 Å². The van der Waals surface area contributed by atoms with Crippen LogP contribution in [0.2, 0.25) is 0 Å². The van der Waals surface area contributed by atoms with Crippen molar-refractivity contribution in [3.05, 3.63) is 72.3 Å². The minimum absolute atomic E-state index is 0.133. The van der Waals surface area contributed by atoms with Crippen molar-refractivity contribution >= 4 is 17.5 Å². The van der Waals surface area contributed by atoms with Crippen LogP contribution >= 0.6 is 0 Å². The number of aliphatic hydroxyl groups is 1. The number of nitrogens with zero attached hydrogens (tertiary/aromatic N) is 3. The number of benzene rings is 1. The van der Waals surface area contributed by atoms with Gasteiger partial charge in [0, 0.05) is 18.9 Å². The molecule has 0 aliphatic heterocycles. The second-order valence-corrected chi connectivity index (χ2v) is 5.44. The van der Waals surface area contributed by atoms with Gasteiger partial charge in [0.25, 0.3) is 0 Å². The van der Waals surface area contributed by atoms with Gasteiger partial charge in [-0.3, -0.25) is 14.6 Å². The number of carbonyl (C=O) groups excluding carboxylic acids is 2. The molecule has 8 heteroatoms. The number of hydrogen-bond donors (Lipinski definition) is 3. The average Bonchev–Trinajstić information content (AvgIpc) is 3.15. The van der Waals surface area contributed by atoms with Crippen LogP contribution in [0.1, 0.15) is 11.1 Å². The molecular weight excluding hydrogens is 334 g/mol. The molecule has 0 saturated heterocycles.